The van der Waals surface area contributed by atoms with E-state index in [4.69, 9.17) is 15.2 Å². The summed E-state index contributed by atoms with van der Waals surface area (Å²) in [7, 11) is 0. The Morgan fingerprint density at radius 1 is 1.19 bits per heavy atom. The van der Waals surface area contributed by atoms with Crippen molar-refractivity contribution in [3.8, 4) is 5.75 Å². The van der Waals surface area contributed by atoms with Crippen LogP contribution in [0.2, 0.25) is 0 Å². The summed E-state index contributed by atoms with van der Waals surface area (Å²) in [5.41, 5.74) is 6.90. The van der Waals surface area contributed by atoms with Gasteiger partial charge in [-0.05, 0) is 26.2 Å². The van der Waals surface area contributed by atoms with Gasteiger partial charge in [-0.25, -0.2) is 4.79 Å². The summed E-state index contributed by atoms with van der Waals surface area (Å²) in [5.74, 6) is 0.282. The molecule has 0 saturated carbocycles. The van der Waals surface area contributed by atoms with E-state index in [1.54, 1.807) is 13.8 Å². The van der Waals surface area contributed by atoms with Crippen LogP contribution in [-0.4, -0.2) is 18.7 Å². The maximum atomic E-state index is 11.8. The summed E-state index contributed by atoms with van der Waals surface area (Å²) >= 11 is 0. The predicted molar refractivity (Wildman–Crippen MR) is 83.3 cm³/mol. The maximum absolute atomic E-state index is 11.8. The number of hydrogen-bond acceptors (Lipinski definition) is 4. The Morgan fingerprint density at radius 2 is 1.90 bits per heavy atom. The first kappa shape index (κ1) is 15.3. The Bertz CT molecular complexity index is 637. The van der Waals surface area contributed by atoms with Crippen molar-refractivity contribution in [2.75, 3.05) is 6.61 Å². The standard InChI is InChI=1S/C17H21NO3/c1-4-20-17(19)12(3)21-16-14(11(2)18)10-9-13-7-5-6-8-15(13)16/h5-12H,4,18H2,1-3H3/t11-,12?/m1/s1. The molecule has 0 saturated heterocycles. The van der Waals surface area contributed by atoms with Crippen molar-refractivity contribution >= 4 is 16.7 Å². The summed E-state index contributed by atoms with van der Waals surface area (Å²) in [5, 5.41) is 2.00. The molecule has 2 rings (SSSR count). The second-order valence-electron chi connectivity index (χ2n) is 5.01. The molecule has 0 aliphatic rings. The molecule has 1 unspecified atom stereocenters. The molecule has 112 valence electrons. The Morgan fingerprint density at radius 3 is 2.57 bits per heavy atom. The first-order chi connectivity index (χ1) is 10.0. The predicted octanol–water partition coefficient (Wildman–Crippen LogP) is 3.19. The van der Waals surface area contributed by atoms with Gasteiger partial charge in [0.15, 0.2) is 6.10 Å². The van der Waals surface area contributed by atoms with E-state index in [2.05, 4.69) is 0 Å². The van der Waals surface area contributed by atoms with Gasteiger partial charge in [-0.2, -0.15) is 0 Å². The van der Waals surface area contributed by atoms with Crippen LogP contribution in [0, 0.1) is 0 Å². The zero-order valence-electron chi connectivity index (χ0n) is 12.6. The minimum Gasteiger partial charge on any atom is -0.478 e. The van der Waals surface area contributed by atoms with Gasteiger partial charge in [-0.15, -0.1) is 0 Å². The van der Waals surface area contributed by atoms with Crippen molar-refractivity contribution < 1.29 is 14.3 Å². The van der Waals surface area contributed by atoms with E-state index in [0.29, 0.717) is 12.4 Å². The van der Waals surface area contributed by atoms with Crippen LogP contribution in [0.1, 0.15) is 32.4 Å². The zero-order chi connectivity index (χ0) is 15.4. The van der Waals surface area contributed by atoms with Crippen LogP contribution in [0.25, 0.3) is 10.8 Å². The molecule has 0 aromatic heterocycles. The molecule has 4 nitrogen and oxygen atoms in total. The maximum Gasteiger partial charge on any atom is 0.347 e. The molecule has 0 heterocycles. The molecule has 0 aliphatic carbocycles. The highest BCUT2D eigenvalue weighted by Crippen LogP contribution is 2.33. The Labute approximate surface area is 124 Å². The van der Waals surface area contributed by atoms with Crippen LogP contribution in [0.4, 0.5) is 0 Å². The number of hydrogen-bond donors (Lipinski definition) is 1. The second kappa shape index (κ2) is 6.59. The van der Waals surface area contributed by atoms with Gasteiger partial charge >= 0.3 is 5.97 Å². The largest absolute Gasteiger partial charge is 0.478 e. The molecule has 21 heavy (non-hydrogen) atoms. The summed E-state index contributed by atoms with van der Waals surface area (Å²) in [6.45, 7) is 5.69. The highest BCUT2D eigenvalue weighted by Gasteiger charge is 2.20. The van der Waals surface area contributed by atoms with Crippen LogP contribution in [0.15, 0.2) is 36.4 Å². The van der Waals surface area contributed by atoms with Gasteiger partial charge in [-0.3, -0.25) is 0 Å². The average molecular weight is 287 g/mol. The molecular formula is C17H21NO3. The van der Waals surface area contributed by atoms with Crippen LogP contribution >= 0.6 is 0 Å². The molecule has 0 amide bonds. The summed E-state index contributed by atoms with van der Waals surface area (Å²) in [6.07, 6.45) is -0.673. The number of rotatable bonds is 5. The van der Waals surface area contributed by atoms with Gasteiger partial charge in [0.2, 0.25) is 0 Å². The Balaban J connectivity index is 2.44. The average Bonchev–Trinajstić information content (AvgIpc) is 2.47. The van der Waals surface area contributed by atoms with Gasteiger partial charge in [0.1, 0.15) is 5.75 Å². The number of carbonyl (C=O) groups excluding carboxylic acids is 1. The fraction of sp³-hybridized carbons (Fsp3) is 0.353. The van der Waals surface area contributed by atoms with Gasteiger partial charge < -0.3 is 15.2 Å². The van der Waals surface area contributed by atoms with Crippen molar-refractivity contribution in [1.82, 2.24) is 0 Å². The SMILES string of the molecule is CCOC(=O)C(C)Oc1c([C@@H](C)N)ccc2ccccc12. The smallest absolute Gasteiger partial charge is 0.347 e. The summed E-state index contributed by atoms with van der Waals surface area (Å²) < 4.78 is 10.9. The fourth-order valence-corrected chi connectivity index (χ4v) is 2.23. The van der Waals surface area contributed by atoms with Crippen LogP contribution < -0.4 is 10.5 Å². The number of esters is 1. The number of ether oxygens (including phenoxy) is 2. The quantitative estimate of drug-likeness (QED) is 0.858. The fourth-order valence-electron chi connectivity index (χ4n) is 2.23. The van der Waals surface area contributed by atoms with Crippen molar-refractivity contribution in [3.05, 3.63) is 42.0 Å². The van der Waals surface area contributed by atoms with E-state index < -0.39 is 6.10 Å². The lowest BCUT2D eigenvalue weighted by Gasteiger charge is -2.20. The first-order valence-electron chi connectivity index (χ1n) is 7.15. The lowest BCUT2D eigenvalue weighted by Crippen LogP contribution is -2.27. The third-order valence-electron chi connectivity index (χ3n) is 3.31. The molecule has 0 aliphatic heterocycles. The molecule has 0 fully saturated rings. The van der Waals surface area contributed by atoms with E-state index in [1.807, 2.05) is 43.3 Å². The molecule has 0 spiro atoms. The molecule has 4 heteroatoms. The third kappa shape index (κ3) is 3.34. The lowest BCUT2D eigenvalue weighted by atomic mass is 10.0. The topological polar surface area (TPSA) is 61.5 Å². The molecule has 2 atom stereocenters. The number of fused-ring (bicyclic) bond motifs is 1. The summed E-state index contributed by atoms with van der Waals surface area (Å²) in [6, 6.07) is 11.6. The molecule has 0 bridgehead atoms. The molecule has 0 radical (unpaired) electrons. The minimum atomic E-state index is -0.673. The number of benzene rings is 2. The van der Waals surface area contributed by atoms with Gasteiger partial charge in [0.05, 0.1) is 6.61 Å². The van der Waals surface area contributed by atoms with Crippen LogP contribution in [-0.2, 0) is 9.53 Å². The second-order valence-corrected chi connectivity index (χ2v) is 5.01. The van der Waals surface area contributed by atoms with Crippen molar-refractivity contribution in [1.29, 1.82) is 0 Å². The zero-order valence-corrected chi connectivity index (χ0v) is 12.6. The van der Waals surface area contributed by atoms with Crippen molar-refractivity contribution in [3.63, 3.8) is 0 Å². The summed E-state index contributed by atoms with van der Waals surface area (Å²) in [4.78, 5) is 11.8. The first-order valence-corrected chi connectivity index (χ1v) is 7.15. The highest BCUT2D eigenvalue weighted by molar-refractivity contribution is 5.90. The molecular weight excluding hydrogens is 266 g/mol. The van der Waals surface area contributed by atoms with Crippen molar-refractivity contribution in [2.45, 2.75) is 32.9 Å². The van der Waals surface area contributed by atoms with E-state index in [-0.39, 0.29) is 12.0 Å². The third-order valence-corrected chi connectivity index (χ3v) is 3.31. The van der Waals surface area contributed by atoms with Crippen LogP contribution in [0.3, 0.4) is 0 Å². The molecule has 2 N–H and O–H groups in total. The molecule has 2 aromatic carbocycles. The monoisotopic (exact) mass is 287 g/mol. The number of nitrogens with two attached hydrogens (primary N) is 1. The van der Waals surface area contributed by atoms with E-state index in [9.17, 15) is 4.79 Å². The normalized spacial score (nSPS) is 13.7. The Hall–Kier alpha value is -2.07. The van der Waals surface area contributed by atoms with Gasteiger partial charge in [-0.1, -0.05) is 36.4 Å². The lowest BCUT2D eigenvalue weighted by molar-refractivity contribution is -0.150. The Kier molecular flexibility index (Phi) is 4.81. The minimum absolute atomic E-state index is 0.181. The van der Waals surface area contributed by atoms with Crippen molar-refractivity contribution in [2.24, 2.45) is 5.73 Å². The van der Waals surface area contributed by atoms with Gasteiger partial charge in [0.25, 0.3) is 0 Å². The van der Waals surface area contributed by atoms with E-state index in [0.717, 1.165) is 16.3 Å². The molecule has 2 aromatic rings. The highest BCUT2D eigenvalue weighted by atomic mass is 16.6. The van der Waals surface area contributed by atoms with Crippen LogP contribution in [0.5, 0.6) is 5.75 Å². The van der Waals surface area contributed by atoms with E-state index >= 15 is 0 Å². The van der Waals surface area contributed by atoms with E-state index in [1.165, 1.54) is 0 Å². The number of carbonyl (C=O) groups is 1. The van der Waals surface area contributed by atoms with Gasteiger partial charge in [0, 0.05) is 17.0 Å².